The van der Waals surface area contributed by atoms with Gasteiger partial charge >= 0.3 is 6.36 Å². The molecule has 2 aromatic rings. The summed E-state index contributed by atoms with van der Waals surface area (Å²) in [4.78, 5) is 3.81. The lowest BCUT2D eigenvalue weighted by molar-refractivity contribution is -0.274. The van der Waals surface area contributed by atoms with Crippen LogP contribution in [0.2, 0.25) is 0 Å². The average molecular weight is 306 g/mol. The molecular formula is C12H11ClF3N3O. The lowest BCUT2D eigenvalue weighted by atomic mass is 10.1. The Kier molecular flexibility index (Phi) is 4.67. The van der Waals surface area contributed by atoms with Gasteiger partial charge in [-0.2, -0.15) is 0 Å². The minimum atomic E-state index is -4.77. The highest BCUT2D eigenvalue weighted by molar-refractivity contribution is 5.85. The van der Waals surface area contributed by atoms with Crippen LogP contribution < -0.4 is 16.2 Å². The van der Waals surface area contributed by atoms with Gasteiger partial charge in [-0.25, -0.2) is 4.98 Å². The molecule has 0 radical (unpaired) electrons. The van der Waals surface area contributed by atoms with Crippen molar-refractivity contribution in [1.82, 2.24) is 4.98 Å². The van der Waals surface area contributed by atoms with Gasteiger partial charge in [-0.1, -0.05) is 18.2 Å². The molecule has 0 spiro atoms. The summed E-state index contributed by atoms with van der Waals surface area (Å²) in [7, 11) is 0. The minimum Gasteiger partial charge on any atom is -0.405 e. The Morgan fingerprint density at radius 2 is 1.60 bits per heavy atom. The molecule has 0 amide bonds. The van der Waals surface area contributed by atoms with Gasteiger partial charge in [-0.05, 0) is 18.2 Å². The van der Waals surface area contributed by atoms with Crippen LogP contribution >= 0.6 is 12.4 Å². The predicted octanol–water partition coefficient (Wildman–Crippen LogP) is 3.23. The second-order valence-electron chi connectivity index (χ2n) is 3.71. The molecule has 1 aromatic heterocycles. The highest BCUT2D eigenvalue weighted by Crippen LogP contribution is 2.35. The van der Waals surface area contributed by atoms with E-state index in [4.69, 9.17) is 11.5 Å². The van der Waals surface area contributed by atoms with Crippen LogP contribution in [-0.4, -0.2) is 11.3 Å². The molecule has 0 fully saturated rings. The van der Waals surface area contributed by atoms with Crippen LogP contribution in [0.15, 0.2) is 36.4 Å². The molecule has 2 rings (SSSR count). The van der Waals surface area contributed by atoms with Gasteiger partial charge in [0.15, 0.2) is 0 Å². The molecular weight excluding hydrogens is 295 g/mol. The number of hydrogen-bond donors (Lipinski definition) is 2. The first kappa shape index (κ1) is 15.9. The SMILES string of the molecule is Cl.Nc1ccc(-c2ccccc2OC(F)(F)F)c(N)n1. The van der Waals surface area contributed by atoms with Crippen molar-refractivity contribution in [1.29, 1.82) is 0 Å². The summed E-state index contributed by atoms with van der Waals surface area (Å²) in [6.07, 6.45) is -4.77. The van der Waals surface area contributed by atoms with Crippen LogP contribution in [-0.2, 0) is 0 Å². The Bertz CT molecular complexity index is 605. The number of pyridine rings is 1. The Balaban J connectivity index is 0.00000200. The number of aromatic nitrogens is 1. The molecule has 8 heteroatoms. The first-order valence-electron chi connectivity index (χ1n) is 5.24. The lowest BCUT2D eigenvalue weighted by Crippen LogP contribution is -2.17. The molecule has 0 aliphatic heterocycles. The number of alkyl halides is 3. The zero-order valence-electron chi connectivity index (χ0n) is 10.0. The van der Waals surface area contributed by atoms with Gasteiger partial charge in [0.05, 0.1) is 0 Å². The standard InChI is InChI=1S/C12H10F3N3O.ClH/c13-12(14,15)19-9-4-2-1-3-7(9)8-5-6-10(16)18-11(8)17;/h1-6H,(H4,16,17,18);1H. The van der Waals surface area contributed by atoms with Gasteiger partial charge in [0, 0.05) is 11.1 Å². The molecule has 0 aliphatic rings. The maximum absolute atomic E-state index is 12.3. The smallest absolute Gasteiger partial charge is 0.405 e. The van der Waals surface area contributed by atoms with Gasteiger partial charge < -0.3 is 16.2 Å². The zero-order valence-corrected chi connectivity index (χ0v) is 10.8. The number of halogens is 4. The first-order valence-corrected chi connectivity index (χ1v) is 5.24. The second kappa shape index (κ2) is 5.87. The maximum atomic E-state index is 12.3. The van der Waals surface area contributed by atoms with E-state index in [1.807, 2.05) is 0 Å². The number of nitrogen functional groups attached to an aromatic ring is 2. The Hall–Kier alpha value is -2.15. The highest BCUT2D eigenvalue weighted by Gasteiger charge is 2.32. The molecule has 0 unspecified atom stereocenters. The molecule has 4 N–H and O–H groups in total. The van der Waals surface area contributed by atoms with E-state index in [1.165, 1.54) is 30.3 Å². The summed E-state index contributed by atoms with van der Waals surface area (Å²) >= 11 is 0. The fourth-order valence-electron chi connectivity index (χ4n) is 1.62. The average Bonchev–Trinajstić information content (AvgIpc) is 2.28. The van der Waals surface area contributed by atoms with Crippen LogP contribution in [0.3, 0.4) is 0 Å². The third-order valence-electron chi connectivity index (χ3n) is 2.35. The summed E-state index contributed by atoms with van der Waals surface area (Å²) in [5.74, 6) is -0.109. The van der Waals surface area contributed by atoms with Crippen molar-refractivity contribution in [3.05, 3.63) is 36.4 Å². The summed E-state index contributed by atoms with van der Waals surface area (Å²) in [6.45, 7) is 0. The largest absolute Gasteiger partial charge is 0.573 e. The molecule has 20 heavy (non-hydrogen) atoms. The number of anilines is 2. The van der Waals surface area contributed by atoms with Crippen LogP contribution in [0.1, 0.15) is 0 Å². The number of rotatable bonds is 2. The zero-order chi connectivity index (χ0) is 14.0. The van der Waals surface area contributed by atoms with Crippen molar-refractivity contribution in [3.8, 4) is 16.9 Å². The van der Waals surface area contributed by atoms with Gasteiger partial charge in [-0.3, -0.25) is 0 Å². The van der Waals surface area contributed by atoms with Gasteiger partial charge in [0.2, 0.25) is 0 Å². The number of hydrogen-bond acceptors (Lipinski definition) is 4. The molecule has 0 aliphatic carbocycles. The number of nitrogens with two attached hydrogens (primary N) is 2. The topological polar surface area (TPSA) is 74.2 Å². The molecule has 1 heterocycles. The van der Waals surface area contributed by atoms with Crippen molar-refractivity contribution in [2.75, 3.05) is 11.5 Å². The number of ether oxygens (including phenoxy) is 1. The summed E-state index contributed by atoms with van der Waals surface area (Å²) in [6, 6.07) is 8.63. The Morgan fingerprint density at radius 1 is 0.950 bits per heavy atom. The van der Waals surface area contributed by atoms with Gasteiger partial charge in [-0.15, -0.1) is 25.6 Å². The van der Waals surface area contributed by atoms with Crippen molar-refractivity contribution in [3.63, 3.8) is 0 Å². The summed E-state index contributed by atoms with van der Waals surface area (Å²) < 4.78 is 40.9. The Morgan fingerprint density at radius 3 is 2.20 bits per heavy atom. The first-order chi connectivity index (χ1) is 8.87. The molecule has 0 bridgehead atoms. The van der Waals surface area contributed by atoms with E-state index in [1.54, 1.807) is 6.07 Å². The second-order valence-corrected chi connectivity index (χ2v) is 3.71. The number of para-hydroxylation sites is 1. The van der Waals surface area contributed by atoms with E-state index in [9.17, 15) is 13.2 Å². The predicted molar refractivity (Wildman–Crippen MR) is 72.4 cm³/mol. The van der Waals surface area contributed by atoms with Crippen LogP contribution in [0, 0.1) is 0 Å². The van der Waals surface area contributed by atoms with Crippen molar-refractivity contribution < 1.29 is 17.9 Å². The number of benzene rings is 1. The van der Waals surface area contributed by atoms with E-state index in [-0.39, 0.29) is 35.4 Å². The third-order valence-corrected chi connectivity index (χ3v) is 2.35. The fourth-order valence-corrected chi connectivity index (χ4v) is 1.62. The van der Waals surface area contributed by atoms with Gasteiger partial charge in [0.1, 0.15) is 17.4 Å². The molecule has 1 aromatic carbocycles. The molecule has 0 saturated carbocycles. The van der Waals surface area contributed by atoms with E-state index in [0.29, 0.717) is 5.56 Å². The summed E-state index contributed by atoms with van der Waals surface area (Å²) in [5, 5.41) is 0. The van der Waals surface area contributed by atoms with E-state index >= 15 is 0 Å². The van der Waals surface area contributed by atoms with Crippen molar-refractivity contribution in [2.24, 2.45) is 0 Å². The van der Waals surface area contributed by atoms with Crippen molar-refractivity contribution in [2.45, 2.75) is 6.36 Å². The van der Waals surface area contributed by atoms with E-state index in [2.05, 4.69) is 9.72 Å². The van der Waals surface area contributed by atoms with Crippen LogP contribution in [0.5, 0.6) is 5.75 Å². The molecule has 0 saturated heterocycles. The monoisotopic (exact) mass is 305 g/mol. The third kappa shape index (κ3) is 3.67. The maximum Gasteiger partial charge on any atom is 0.573 e. The quantitative estimate of drug-likeness (QED) is 0.893. The fraction of sp³-hybridized carbons (Fsp3) is 0.0833. The normalized spacial score (nSPS) is 10.8. The number of nitrogens with zero attached hydrogens (tertiary/aromatic N) is 1. The van der Waals surface area contributed by atoms with Crippen molar-refractivity contribution >= 4 is 24.0 Å². The molecule has 0 atom stereocenters. The van der Waals surface area contributed by atoms with Crippen LogP contribution in [0.4, 0.5) is 24.8 Å². The lowest BCUT2D eigenvalue weighted by Gasteiger charge is -2.14. The highest BCUT2D eigenvalue weighted by atomic mass is 35.5. The van der Waals surface area contributed by atoms with Gasteiger partial charge in [0.25, 0.3) is 0 Å². The van der Waals surface area contributed by atoms with E-state index < -0.39 is 6.36 Å². The van der Waals surface area contributed by atoms with E-state index in [0.717, 1.165) is 0 Å². The Labute approximate surface area is 119 Å². The summed E-state index contributed by atoms with van der Waals surface area (Å²) in [5.41, 5.74) is 11.6. The minimum absolute atomic E-state index is 0. The van der Waals surface area contributed by atoms with Crippen LogP contribution in [0.25, 0.3) is 11.1 Å². The molecule has 4 nitrogen and oxygen atoms in total. The molecule has 108 valence electrons.